The molecule has 1 fully saturated rings. The Bertz CT molecular complexity index is 493. The van der Waals surface area contributed by atoms with Gasteiger partial charge in [-0.2, -0.15) is 0 Å². The minimum Gasteiger partial charge on any atom is -0.381 e. The van der Waals surface area contributed by atoms with Gasteiger partial charge in [0.15, 0.2) is 11.6 Å². The van der Waals surface area contributed by atoms with E-state index in [2.05, 4.69) is 32.4 Å². The Morgan fingerprint density at radius 2 is 2.18 bits per heavy atom. The first kappa shape index (κ1) is 10.5. The fourth-order valence-corrected chi connectivity index (χ4v) is 2.60. The molecule has 1 aliphatic carbocycles. The monoisotopic (exact) mass is 246 g/mol. The third kappa shape index (κ3) is 2.24. The molecule has 0 aromatic carbocycles. The molecule has 1 aliphatic rings. The van der Waals surface area contributed by atoms with Gasteiger partial charge in [0.05, 0.1) is 6.54 Å². The second-order valence-electron chi connectivity index (χ2n) is 4.20. The van der Waals surface area contributed by atoms with Crippen LogP contribution in [0.25, 0.3) is 0 Å². The maximum atomic E-state index is 5.90. The van der Waals surface area contributed by atoms with E-state index in [-0.39, 0.29) is 0 Å². The Morgan fingerprint density at radius 1 is 1.35 bits per heavy atom. The van der Waals surface area contributed by atoms with Crippen molar-refractivity contribution < 1.29 is 0 Å². The fraction of sp³-hybridized carbons (Fsp3) is 0.333. The highest BCUT2D eigenvalue weighted by Gasteiger charge is 2.31. The standard InChI is InChI=1S/C12H14N4S/c13-11-12(15-6-5-14-11)16(9-3-4-9)8-10-2-1-7-17-10/h1-2,5-7,9H,3-4,8H2,(H2,13,14). The van der Waals surface area contributed by atoms with E-state index in [1.54, 1.807) is 23.7 Å². The van der Waals surface area contributed by atoms with E-state index in [1.807, 2.05) is 0 Å². The third-order valence-corrected chi connectivity index (χ3v) is 3.73. The van der Waals surface area contributed by atoms with Crippen molar-refractivity contribution >= 4 is 23.0 Å². The molecular formula is C12H14N4S. The SMILES string of the molecule is Nc1nccnc1N(Cc1cccs1)C1CC1. The third-order valence-electron chi connectivity index (χ3n) is 2.87. The predicted octanol–water partition coefficient (Wildman–Crippen LogP) is 2.29. The van der Waals surface area contributed by atoms with Crippen molar-refractivity contribution in [1.29, 1.82) is 0 Å². The van der Waals surface area contributed by atoms with Crippen LogP contribution in [-0.4, -0.2) is 16.0 Å². The molecule has 2 aromatic rings. The number of nitrogen functional groups attached to an aromatic ring is 1. The molecular weight excluding hydrogens is 232 g/mol. The molecule has 0 amide bonds. The maximum Gasteiger partial charge on any atom is 0.172 e. The van der Waals surface area contributed by atoms with Crippen molar-refractivity contribution in [2.24, 2.45) is 0 Å². The average Bonchev–Trinajstić information content (AvgIpc) is 3.05. The van der Waals surface area contributed by atoms with Crippen LogP contribution >= 0.6 is 11.3 Å². The molecule has 2 heterocycles. The van der Waals surface area contributed by atoms with Crippen LogP contribution in [0.15, 0.2) is 29.9 Å². The second kappa shape index (κ2) is 4.33. The Balaban J connectivity index is 1.88. The largest absolute Gasteiger partial charge is 0.381 e. The molecule has 0 bridgehead atoms. The van der Waals surface area contributed by atoms with Crippen molar-refractivity contribution in [1.82, 2.24) is 9.97 Å². The number of anilines is 2. The summed E-state index contributed by atoms with van der Waals surface area (Å²) in [5.41, 5.74) is 5.90. The van der Waals surface area contributed by atoms with Crippen molar-refractivity contribution in [2.75, 3.05) is 10.6 Å². The summed E-state index contributed by atoms with van der Waals surface area (Å²) in [7, 11) is 0. The topological polar surface area (TPSA) is 55.0 Å². The molecule has 0 unspecified atom stereocenters. The Hall–Kier alpha value is -1.62. The number of rotatable bonds is 4. The molecule has 0 radical (unpaired) electrons. The lowest BCUT2D eigenvalue weighted by molar-refractivity contribution is 0.785. The molecule has 2 N–H and O–H groups in total. The number of nitrogens with zero attached hydrogens (tertiary/aromatic N) is 3. The van der Waals surface area contributed by atoms with Crippen molar-refractivity contribution in [3.8, 4) is 0 Å². The number of aromatic nitrogens is 2. The fourth-order valence-electron chi connectivity index (χ4n) is 1.90. The lowest BCUT2D eigenvalue weighted by Gasteiger charge is -2.23. The van der Waals surface area contributed by atoms with Gasteiger partial charge in [0, 0.05) is 23.3 Å². The predicted molar refractivity (Wildman–Crippen MR) is 70.0 cm³/mol. The van der Waals surface area contributed by atoms with Gasteiger partial charge in [0.1, 0.15) is 0 Å². The van der Waals surface area contributed by atoms with Gasteiger partial charge < -0.3 is 10.6 Å². The molecule has 1 saturated carbocycles. The average molecular weight is 246 g/mol. The van der Waals surface area contributed by atoms with E-state index in [9.17, 15) is 0 Å². The molecule has 3 rings (SSSR count). The molecule has 88 valence electrons. The van der Waals surface area contributed by atoms with Gasteiger partial charge in [-0.3, -0.25) is 0 Å². The van der Waals surface area contributed by atoms with Gasteiger partial charge in [-0.1, -0.05) is 6.07 Å². The molecule has 0 aliphatic heterocycles. The van der Waals surface area contributed by atoms with Crippen molar-refractivity contribution in [2.45, 2.75) is 25.4 Å². The molecule has 5 heteroatoms. The summed E-state index contributed by atoms with van der Waals surface area (Å²) in [5, 5.41) is 2.10. The normalized spacial score (nSPS) is 14.8. The summed E-state index contributed by atoms with van der Waals surface area (Å²) in [6, 6.07) is 4.80. The minimum atomic E-state index is 0.524. The van der Waals surface area contributed by atoms with E-state index >= 15 is 0 Å². The van der Waals surface area contributed by atoms with Crippen LogP contribution in [0, 0.1) is 0 Å². The number of nitrogens with two attached hydrogens (primary N) is 1. The van der Waals surface area contributed by atoms with Gasteiger partial charge in [-0.05, 0) is 24.3 Å². The van der Waals surface area contributed by atoms with E-state index in [1.165, 1.54) is 17.7 Å². The van der Waals surface area contributed by atoms with Crippen LogP contribution in [0.3, 0.4) is 0 Å². The van der Waals surface area contributed by atoms with E-state index in [0.29, 0.717) is 11.9 Å². The molecule has 0 saturated heterocycles. The highest BCUT2D eigenvalue weighted by atomic mass is 32.1. The van der Waals surface area contributed by atoms with E-state index in [4.69, 9.17) is 5.73 Å². The summed E-state index contributed by atoms with van der Waals surface area (Å²) in [6.07, 6.45) is 5.79. The van der Waals surface area contributed by atoms with Crippen molar-refractivity contribution in [3.63, 3.8) is 0 Å². The second-order valence-corrected chi connectivity index (χ2v) is 5.24. The summed E-state index contributed by atoms with van der Waals surface area (Å²) in [4.78, 5) is 12.1. The Morgan fingerprint density at radius 3 is 2.82 bits per heavy atom. The lowest BCUT2D eigenvalue weighted by atomic mass is 10.3. The Kier molecular flexibility index (Phi) is 2.68. The smallest absolute Gasteiger partial charge is 0.172 e. The first-order valence-corrected chi connectivity index (χ1v) is 6.58. The number of hydrogen-bond acceptors (Lipinski definition) is 5. The van der Waals surface area contributed by atoms with Crippen LogP contribution < -0.4 is 10.6 Å². The summed E-state index contributed by atoms with van der Waals surface area (Å²) < 4.78 is 0. The number of hydrogen-bond donors (Lipinski definition) is 1. The molecule has 17 heavy (non-hydrogen) atoms. The highest BCUT2D eigenvalue weighted by molar-refractivity contribution is 7.09. The van der Waals surface area contributed by atoms with Crippen molar-refractivity contribution in [3.05, 3.63) is 34.8 Å². The molecule has 0 spiro atoms. The van der Waals surface area contributed by atoms with Gasteiger partial charge >= 0.3 is 0 Å². The highest BCUT2D eigenvalue weighted by Crippen LogP contribution is 2.34. The van der Waals surface area contributed by atoms with Crippen LogP contribution in [0.5, 0.6) is 0 Å². The molecule has 4 nitrogen and oxygen atoms in total. The van der Waals surface area contributed by atoms with Crippen LogP contribution in [0.2, 0.25) is 0 Å². The molecule has 2 aromatic heterocycles. The van der Waals surface area contributed by atoms with Crippen LogP contribution in [0.1, 0.15) is 17.7 Å². The quantitative estimate of drug-likeness (QED) is 0.899. The van der Waals surface area contributed by atoms with Gasteiger partial charge in [-0.25, -0.2) is 9.97 Å². The van der Waals surface area contributed by atoms with Gasteiger partial charge in [-0.15, -0.1) is 11.3 Å². The molecule has 0 atom stereocenters. The van der Waals surface area contributed by atoms with Crippen LogP contribution in [0.4, 0.5) is 11.6 Å². The lowest BCUT2D eigenvalue weighted by Crippen LogP contribution is -2.26. The summed E-state index contributed by atoms with van der Waals surface area (Å²) in [5.74, 6) is 1.35. The minimum absolute atomic E-state index is 0.524. The summed E-state index contributed by atoms with van der Waals surface area (Å²) >= 11 is 1.77. The summed E-state index contributed by atoms with van der Waals surface area (Å²) in [6.45, 7) is 0.880. The first-order chi connectivity index (χ1) is 8.34. The van der Waals surface area contributed by atoms with Crippen LogP contribution in [-0.2, 0) is 6.54 Å². The zero-order valence-corrected chi connectivity index (χ0v) is 10.2. The first-order valence-electron chi connectivity index (χ1n) is 5.70. The van der Waals surface area contributed by atoms with E-state index < -0.39 is 0 Å². The maximum absolute atomic E-state index is 5.90. The number of thiophene rings is 1. The Labute approximate surface area is 104 Å². The van der Waals surface area contributed by atoms with Gasteiger partial charge in [0.2, 0.25) is 0 Å². The zero-order valence-electron chi connectivity index (χ0n) is 9.41. The van der Waals surface area contributed by atoms with Gasteiger partial charge in [0.25, 0.3) is 0 Å². The van der Waals surface area contributed by atoms with E-state index in [0.717, 1.165) is 12.4 Å². The zero-order chi connectivity index (χ0) is 11.7.